The van der Waals surface area contributed by atoms with Gasteiger partial charge in [-0.25, -0.2) is 12.8 Å². The van der Waals surface area contributed by atoms with E-state index in [2.05, 4.69) is 5.32 Å². The van der Waals surface area contributed by atoms with Crippen LogP contribution in [-0.4, -0.2) is 62.9 Å². The smallest absolute Gasteiger partial charge is 0.243 e. The van der Waals surface area contributed by atoms with Crippen molar-refractivity contribution in [3.63, 3.8) is 0 Å². The van der Waals surface area contributed by atoms with Crippen molar-refractivity contribution < 1.29 is 22.3 Å². The van der Waals surface area contributed by atoms with Gasteiger partial charge in [0.05, 0.1) is 18.0 Å². The molecule has 7 nitrogen and oxygen atoms in total. The summed E-state index contributed by atoms with van der Waals surface area (Å²) in [5.74, 6) is 0.0602. The molecular weight excluding hydrogens is 397 g/mol. The fourth-order valence-corrected chi connectivity index (χ4v) is 4.60. The number of methoxy groups -OCH3 is 1. The number of anilines is 1. The Morgan fingerprint density at radius 1 is 1.03 bits per heavy atom. The highest BCUT2D eigenvalue weighted by molar-refractivity contribution is 7.89. The quantitative estimate of drug-likeness (QED) is 0.773. The van der Waals surface area contributed by atoms with Gasteiger partial charge >= 0.3 is 0 Å². The first-order valence-electron chi connectivity index (χ1n) is 9.26. The first-order chi connectivity index (χ1) is 13.8. The topological polar surface area (TPSA) is 79.0 Å². The Labute approximate surface area is 170 Å². The third kappa shape index (κ3) is 4.92. The van der Waals surface area contributed by atoms with Gasteiger partial charge in [0, 0.05) is 31.9 Å². The maximum atomic E-state index is 13.1. The van der Waals surface area contributed by atoms with Crippen molar-refractivity contribution in [2.45, 2.75) is 17.9 Å². The molecule has 0 spiro atoms. The van der Waals surface area contributed by atoms with Crippen molar-refractivity contribution in [2.24, 2.45) is 0 Å². The van der Waals surface area contributed by atoms with Crippen molar-refractivity contribution in [1.29, 1.82) is 0 Å². The molecule has 0 aromatic heterocycles. The predicted octanol–water partition coefficient (Wildman–Crippen LogP) is 2.17. The summed E-state index contributed by atoms with van der Waals surface area (Å²) in [4.78, 5) is 14.6. The fourth-order valence-electron chi connectivity index (χ4n) is 3.17. The molecule has 1 fully saturated rings. The van der Waals surface area contributed by atoms with E-state index in [9.17, 15) is 17.6 Å². The summed E-state index contributed by atoms with van der Waals surface area (Å²) in [5, 5.41) is 2.86. The van der Waals surface area contributed by atoms with Gasteiger partial charge in [0.1, 0.15) is 11.6 Å². The zero-order valence-electron chi connectivity index (χ0n) is 16.3. The zero-order chi connectivity index (χ0) is 21.0. The Morgan fingerprint density at radius 2 is 1.62 bits per heavy atom. The number of nitrogens with zero attached hydrogens (tertiary/aromatic N) is 2. The van der Waals surface area contributed by atoms with E-state index in [1.807, 2.05) is 4.90 Å². The number of ether oxygens (including phenoxy) is 1. The Morgan fingerprint density at radius 3 is 2.17 bits per heavy atom. The van der Waals surface area contributed by atoms with Crippen molar-refractivity contribution in [3.05, 3.63) is 54.3 Å². The van der Waals surface area contributed by atoms with Gasteiger partial charge < -0.3 is 10.1 Å². The summed E-state index contributed by atoms with van der Waals surface area (Å²) in [7, 11) is -2.10. The lowest BCUT2D eigenvalue weighted by molar-refractivity contribution is -0.121. The Balaban J connectivity index is 1.57. The molecule has 1 N–H and O–H groups in total. The van der Waals surface area contributed by atoms with E-state index in [0.29, 0.717) is 24.5 Å². The van der Waals surface area contributed by atoms with Gasteiger partial charge in [-0.1, -0.05) is 0 Å². The van der Waals surface area contributed by atoms with Crippen LogP contribution in [0.25, 0.3) is 0 Å². The number of piperazine rings is 1. The van der Waals surface area contributed by atoms with Crippen molar-refractivity contribution in [2.75, 3.05) is 38.6 Å². The maximum Gasteiger partial charge on any atom is 0.243 e. The van der Waals surface area contributed by atoms with Gasteiger partial charge in [-0.3, -0.25) is 9.69 Å². The van der Waals surface area contributed by atoms with E-state index < -0.39 is 21.9 Å². The normalized spacial score (nSPS) is 16.9. The van der Waals surface area contributed by atoms with E-state index >= 15 is 0 Å². The van der Waals surface area contributed by atoms with Gasteiger partial charge in [-0.2, -0.15) is 4.31 Å². The molecule has 3 rings (SSSR count). The number of halogens is 1. The van der Waals surface area contributed by atoms with E-state index in [1.54, 1.807) is 38.3 Å². The molecule has 1 aliphatic heterocycles. The highest BCUT2D eigenvalue weighted by atomic mass is 32.2. The average Bonchev–Trinajstić information content (AvgIpc) is 2.74. The number of benzene rings is 2. The molecule has 0 bridgehead atoms. The van der Waals surface area contributed by atoms with Crippen LogP contribution in [0.2, 0.25) is 0 Å². The molecule has 1 aliphatic rings. The van der Waals surface area contributed by atoms with Crippen LogP contribution in [0.1, 0.15) is 6.92 Å². The third-order valence-electron chi connectivity index (χ3n) is 5.01. The minimum Gasteiger partial charge on any atom is -0.497 e. The van der Waals surface area contributed by atoms with Crippen LogP contribution in [0, 0.1) is 5.82 Å². The second kappa shape index (κ2) is 8.89. The highest BCUT2D eigenvalue weighted by Gasteiger charge is 2.31. The molecule has 2 aromatic rings. The largest absolute Gasteiger partial charge is 0.497 e. The van der Waals surface area contributed by atoms with E-state index in [1.165, 1.54) is 16.4 Å². The summed E-state index contributed by atoms with van der Waals surface area (Å²) in [6.07, 6.45) is 0. The number of hydrogen-bond acceptors (Lipinski definition) is 5. The number of carbonyl (C=O) groups is 1. The molecule has 0 unspecified atom stereocenters. The molecule has 2 aromatic carbocycles. The van der Waals surface area contributed by atoms with Crippen LogP contribution in [-0.2, 0) is 14.8 Å². The van der Waals surface area contributed by atoms with E-state index in [4.69, 9.17) is 4.74 Å². The van der Waals surface area contributed by atoms with Crippen molar-refractivity contribution in [3.8, 4) is 5.75 Å². The lowest BCUT2D eigenvalue weighted by atomic mass is 10.2. The van der Waals surface area contributed by atoms with Crippen LogP contribution < -0.4 is 10.1 Å². The number of carbonyl (C=O) groups excluding carboxylic acids is 1. The maximum absolute atomic E-state index is 13.1. The summed E-state index contributed by atoms with van der Waals surface area (Å²) >= 11 is 0. The summed E-state index contributed by atoms with van der Waals surface area (Å²) in [6, 6.07) is 11.4. The fraction of sp³-hybridized carbons (Fsp3) is 0.350. The predicted molar refractivity (Wildman–Crippen MR) is 108 cm³/mol. The molecule has 0 aliphatic carbocycles. The number of amides is 1. The van der Waals surface area contributed by atoms with Crippen LogP contribution in [0.4, 0.5) is 10.1 Å². The standard InChI is InChI=1S/C20H24FN3O4S/c1-15(20(25)22-17-5-7-18(28-2)8-6-17)23-11-13-24(14-12-23)29(26,27)19-9-3-16(21)4-10-19/h3-10,15H,11-14H2,1-2H3,(H,22,25)/t15-/m1/s1. The van der Waals surface area contributed by atoms with Crippen LogP contribution in [0.5, 0.6) is 5.75 Å². The van der Waals surface area contributed by atoms with E-state index in [0.717, 1.165) is 12.1 Å². The Hall–Kier alpha value is -2.49. The van der Waals surface area contributed by atoms with Gasteiger partial charge in [0.15, 0.2) is 0 Å². The molecule has 156 valence electrons. The number of nitrogens with one attached hydrogen (secondary N) is 1. The Kier molecular flexibility index (Phi) is 6.51. The molecule has 1 saturated heterocycles. The summed E-state index contributed by atoms with van der Waals surface area (Å²) < 4.78 is 44.9. The molecular formula is C20H24FN3O4S. The lowest BCUT2D eigenvalue weighted by Crippen LogP contribution is -2.53. The zero-order valence-corrected chi connectivity index (χ0v) is 17.2. The van der Waals surface area contributed by atoms with E-state index in [-0.39, 0.29) is 23.9 Å². The first kappa shape index (κ1) is 21.2. The molecule has 1 atom stereocenters. The third-order valence-corrected chi connectivity index (χ3v) is 6.92. The molecule has 1 heterocycles. The molecule has 9 heteroatoms. The van der Waals surface area contributed by atoms with Crippen molar-refractivity contribution in [1.82, 2.24) is 9.21 Å². The van der Waals surface area contributed by atoms with Crippen LogP contribution >= 0.6 is 0 Å². The minimum atomic E-state index is -3.68. The lowest BCUT2D eigenvalue weighted by Gasteiger charge is -2.36. The van der Waals surface area contributed by atoms with Crippen molar-refractivity contribution >= 4 is 21.6 Å². The molecule has 1 amide bonds. The Bertz CT molecular complexity index is 941. The molecule has 0 radical (unpaired) electrons. The number of sulfonamides is 1. The summed E-state index contributed by atoms with van der Waals surface area (Å²) in [6.45, 7) is 3.18. The summed E-state index contributed by atoms with van der Waals surface area (Å²) in [5.41, 5.74) is 0.667. The van der Waals surface area contributed by atoms with Gasteiger partial charge in [-0.15, -0.1) is 0 Å². The SMILES string of the molecule is COc1ccc(NC(=O)[C@@H](C)N2CCN(S(=O)(=O)c3ccc(F)cc3)CC2)cc1. The van der Waals surface area contributed by atoms with Gasteiger partial charge in [-0.05, 0) is 55.5 Å². The monoisotopic (exact) mass is 421 g/mol. The first-order valence-corrected chi connectivity index (χ1v) is 10.7. The van der Waals surface area contributed by atoms with Gasteiger partial charge in [0.2, 0.25) is 15.9 Å². The van der Waals surface area contributed by atoms with Crippen LogP contribution in [0.3, 0.4) is 0 Å². The number of rotatable bonds is 6. The second-order valence-electron chi connectivity index (χ2n) is 6.79. The average molecular weight is 421 g/mol. The minimum absolute atomic E-state index is 0.0673. The van der Waals surface area contributed by atoms with Crippen LogP contribution in [0.15, 0.2) is 53.4 Å². The van der Waals surface area contributed by atoms with Gasteiger partial charge in [0.25, 0.3) is 0 Å². The number of hydrogen-bond donors (Lipinski definition) is 1. The second-order valence-corrected chi connectivity index (χ2v) is 8.73. The molecule has 0 saturated carbocycles. The highest BCUT2D eigenvalue weighted by Crippen LogP contribution is 2.20. The molecule has 29 heavy (non-hydrogen) atoms.